The maximum atomic E-state index is 12.6. The molecular formula is C40H32O4P2. The van der Waals surface area contributed by atoms with Gasteiger partial charge in [0.05, 0.1) is 0 Å². The van der Waals surface area contributed by atoms with Gasteiger partial charge in [0.2, 0.25) is 0 Å². The molecule has 0 aliphatic heterocycles. The number of hydrogen-bond acceptors (Lipinski definition) is 4. The van der Waals surface area contributed by atoms with Crippen molar-refractivity contribution in [2.45, 2.75) is 13.8 Å². The highest BCUT2D eigenvalue weighted by atomic mass is 31.1. The van der Waals surface area contributed by atoms with Crippen molar-refractivity contribution >= 4 is 59.6 Å². The van der Waals surface area contributed by atoms with E-state index >= 15 is 0 Å². The first-order chi connectivity index (χ1) is 22.5. The van der Waals surface area contributed by atoms with Crippen molar-refractivity contribution in [2.24, 2.45) is 0 Å². The second-order valence-electron chi connectivity index (χ2n) is 10.5. The summed E-state index contributed by atoms with van der Waals surface area (Å²) in [5.74, 6) is -0.0216. The largest absolute Gasteiger partial charge is 0.426 e. The molecule has 6 aromatic carbocycles. The Hall–Kier alpha value is -4.88. The second-order valence-corrected chi connectivity index (χ2v) is 14.9. The van der Waals surface area contributed by atoms with E-state index in [1.54, 1.807) is 0 Å². The van der Waals surface area contributed by atoms with Crippen LogP contribution < -0.4 is 41.3 Å². The zero-order valence-corrected chi connectivity index (χ0v) is 27.3. The molecule has 6 rings (SSSR count). The number of rotatable bonds is 9. The molecule has 0 aromatic heterocycles. The van der Waals surface area contributed by atoms with E-state index in [9.17, 15) is 9.59 Å². The van der Waals surface area contributed by atoms with Crippen LogP contribution in [-0.4, -0.2) is 11.9 Å². The van der Waals surface area contributed by atoms with Gasteiger partial charge in [-0.25, -0.2) is 0 Å². The van der Waals surface area contributed by atoms with Gasteiger partial charge in [-0.1, -0.05) is 146 Å². The molecule has 0 amide bonds. The third-order valence-electron chi connectivity index (χ3n) is 7.31. The van der Waals surface area contributed by atoms with Crippen LogP contribution in [0.1, 0.15) is 13.8 Å². The van der Waals surface area contributed by atoms with Crippen LogP contribution in [0.5, 0.6) is 11.5 Å². The number of carbonyl (C=O) groups excluding carboxylic acids is 2. The summed E-state index contributed by atoms with van der Waals surface area (Å²) < 4.78 is 12.0. The average molecular weight is 639 g/mol. The van der Waals surface area contributed by atoms with Crippen LogP contribution >= 0.6 is 15.8 Å². The van der Waals surface area contributed by atoms with Crippen LogP contribution in [0.2, 0.25) is 0 Å². The Morgan fingerprint density at radius 1 is 0.391 bits per heavy atom. The van der Waals surface area contributed by atoms with Crippen molar-refractivity contribution in [3.05, 3.63) is 158 Å². The lowest BCUT2D eigenvalue weighted by Crippen LogP contribution is -2.27. The van der Waals surface area contributed by atoms with Crippen molar-refractivity contribution in [1.82, 2.24) is 0 Å². The van der Waals surface area contributed by atoms with E-state index in [0.29, 0.717) is 11.5 Å². The van der Waals surface area contributed by atoms with E-state index in [1.807, 2.05) is 97.1 Å². The maximum absolute atomic E-state index is 12.6. The molecule has 0 fully saturated rings. The monoisotopic (exact) mass is 638 g/mol. The second kappa shape index (κ2) is 14.5. The summed E-state index contributed by atoms with van der Waals surface area (Å²) in [6, 6.07) is 53.3. The molecule has 0 bridgehead atoms. The zero-order valence-electron chi connectivity index (χ0n) is 25.5. The smallest absolute Gasteiger partial charge is 0.308 e. The molecule has 0 aliphatic rings. The molecule has 0 aliphatic carbocycles. The molecule has 0 N–H and O–H groups in total. The summed E-state index contributed by atoms with van der Waals surface area (Å²) >= 11 is 0. The average Bonchev–Trinajstić information content (AvgIpc) is 3.07. The molecule has 0 radical (unpaired) electrons. The molecule has 46 heavy (non-hydrogen) atoms. The topological polar surface area (TPSA) is 52.6 Å². The molecule has 6 aromatic rings. The number of carbonyl (C=O) groups is 2. The van der Waals surface area contributed by atoms with Crippen molar-refractivity contribution in [2.75, 3.05) is 0 Å². The summed E-state index contributed by atoms with van der Waals surface area (Å²) in [6.45, 7) is 2.82. The molecule has 4 nitrogen and oxygen atoms in total. The summed E-state index contributed by atoms with van der Waals surface area (Å²) in [5, 5.41) is 6.55. The van der Waals surface area contributed by atoms with Crippen LogP contribution in [-0.2, 0) is 9.59 Å². The Bertz CT molecular complexity index is 1720. The lowest BCUT2D eigenvalue weighted by atomic mass is 10.0. The van der Waals surface area contributed by atoms with Gasteiger partial charge in [-0.15, -0.1) is 0 Å². The molecule has 0 saturated heterocycles. The lowest BCUT2D eigenvalue weighted by molar-refractivity contribution is -0.132. The van der Waals surface area contributed by atoms with Gasteiger partial charge in [-0.2, -0.15) is 0 Å². The van der Waals surface area contributed by atoms with E-state index in [1.165, 1.54) is 13.8 Å². The van der Waals surface area contributed by atoms with Gasteiger partial charge in [-0.3, -0.25) is 9.59 Å². The summed E-state index contributed by atoms with van der Waals surface area (Å²) in [5.41, 5.74) is 1.48. The van der Waals surface area contributed by atoms with Gasteiger partial charge in [0.25, 0.3) is 0 Å². The summed E-state index contributed by atoms with van der Waals surface area (Å²) in [6.07, 6.45) is 0. The number of ether oxygens (including phenoxy) is 2. The number of hydrogen-bond donors (Lipinski definition) is 0. The highest BCUT2D eigenvalue weighted by Gasteiger charge is 2.30. The summed E-state index contributed by atoms with van der Waals surface area (Å²) in [7, 11) is -2.26. The Kier molecular flexibility index (Phi) is 9.79. The van der Waals surface area contributed by atoms with Crippen molar-refractivity contribution < 1.29 is 19.1 Å². The van der Waals surface area contributed by atoms with Crippen LogP contribution in [0, 0.1) is 0 Å². The predicted octanol–water partition coefficient (Wildman–Crippen LogP) is 6.72. The van der Waals surface area contributed by atoms with Crippen molar-refractivity contribution in [3.63, 3.8) is 0 Å². The minimum absolute atomic E-state index is 0.418. The number of benzene rings is 6. The van der Waals surface area contributed by atoms with Crippen LogP contribution in [0.25, 0.3) is 11.1 Å². The van der Waals surface area contributed by atoms with Crippen LogP contribution in [0.4, 0.5) is 0 Å². The molecule has 0 saturated carbocycles. The highest BCUT2D eigenvalue weighted by molar-refractivity contribution is 7.80. The molecule has 0 spiro atoms. The predicted molar refractivity (Wildman–Crippen MR) is 192 cm³/mol. The van der Waals surface area contributed by atoms with E-state index in [0.717, 1.165) is 43.0 Å². The standard InChI is InChI=1S/C40H32O4P2/c1-29(41)43-35-25-15-27-37(45(31-17-7-3-8-18-31)32-19-9-4-10-20-32)39(35)40-36(44-30(2)42)26-16-28-38(40)46(33-21-11-5-12-22-33)34-23-13-6-14-24-34/h3-28H,1-2H3. The Morgan fingerprint density at radius 2 is 0.674 bits per heavy atom. The molecule has 0 heterocycles. The quantitative estimate of drug-likeness (QED) is 0.100. The van der Waals surface area contributed by atoms with Gasteiger partial charge in [0, 0.05) is 25.0 Å². The fourth-order valence-corrected chi connectivity index (χ4v) is 10.5. The van der Waals surface area contributed by atoms with Gasteiger partial charge in [0.1, 0.15) is 11.5 Å². The van der Waals surface area contributed by atoms with Crippen molar-refractivity contribution in [3.8, 4) is 22.6 Å². The fourth-order valence-electron chi connectivity index (χ4n) is 5.56. The lowest BCUT2D eigenvalue weighted by Gasteiger charge is -2.28. The van der Waals surface area contributed by atoms with Gasteiger partial charge in [-0.05, 0) is 59.8 Å². The zero-order chi connectivity index (χ0) is 31.9. The maximum Gasteiger partial charge on any atom is 0.308 e. The van der Waals surface area contributed by atoms with Gasteiger partial charge in [0.15, 0.2) is 0 Å². The van der Waals surface area contributed by atoms with E-state index < -0.39 is 27.8 Å². The fraction of sp³-hybridized carbons (Fsp3) is 0.0500. The van der Waals surface area contributed by atoms with Gasteiger partial charge >= 0.3 is 11.9 Å². The Morgan fingerprint density at radius 3 is 0.935 bits per heavy atom. The first-order valence-corrected chi connectivity index (χ1v) is 17.6. The van der Waals surface area contributed by atoms with E-state index in [4.69, 9.17) is 9.47 Å². The summed E-state index contributed by atoms with van der Waals surface area (Å²) in [4.78, 5) is 25.3. The number of esters is 2. The van der Waals surface area contributed by atoms with Gasteiger partial charge < -0.3 is 9.47 Å². The minimum Gasteiger partial charge on any atom is -0.426 e. The molecule has 226 valence electrons. The molecule has 0 unspecified atom stereocenters. The SMILES string of the molecule is CC(=O)Oc1cccc(P(c2ccccc2)c2ccccc2)c1-c1c(OC(C)=O)cccc1P(c1ccccc1)c1ccccc1. The molecule has 0 atom stereocenters. The van der Waals surface area contributed by atoms with E-state index in [2.05, 4.69) is 60.7 Å². The Labute approximate surface area is 272 Å². The first-order valence-electron chi connectivity index (χ1n) is 14.9. The normalized spacial score (nSPS) is 11.0. The highest BCUT2D eigenvalue weighted by Crippen LogP contribution is 2.47. The first kappa shape index (κ1) is 31.1. The van der Waals surface area contributed by atoms with Crippen LogP contribution in [0.3, 0.4) is 0 Å². The molecular weight excluding hydrogens is 606 g/mol. The molecule has 6 heteroatoms. The Balaban J connectivity index is 1.74. The van der Waals surface area contributed by atoms with E-state index in [-0.39, 0.29) is 0 Å². The third-order valence-corrected chi connectivity index (χ3v) is 12.3. The van der Waals surface area contributed by atoms with Crippen LogP contribution in [0.15, 0.2) is 158 Å². The minimum atomic E-state index is -1.13. The van der Waals surface area contributed by atoms with Crippen molar-refractivity contribution in [1.29, 1.82) is 0 Å². The third kappa shape index (κ3) is 6.85.